The van der Waals surface area contributed by atoms with E-state index in [2.05, 4.69) is 4.90 Å². The molecule has 2 aliphatic heterocycles. The van der Waals surface area contributed by atoms with Gasteiger partial charge in [0.05, 0.1) is 5.52 Å². The molecule has 9 heteroatoms. The van der Waals surface area contributed by atoms with Gasteiger partial charge in [0.2, 0.25) is 0 Å². The zero-order chi connectivity index (χ0) is 28.4. The SMILES string of the molecule is Cc1cc(=O)n(CCN2CCC(N(Cc3ccc4c(c3)OCCO4)C(=O)OC(C)(C)C)CC2)c2cc(O)ccc12. The second-order valence-corrected chi connectivity index (χ2v) is 11.7. The summed E-state index contributed by atoms with van der Waals surface area (Å²) in [5.74, 6) is 1.57. The van der Waals surface area contributed by atoms with Gasteiger partial charge in [0.1, 0.15) is 24.6 Å². The summed E-state index contributed by atoms with van der Waals surface area (Å²) in [6.07, 6.45) is 1.28. The largest absolute Gasteiger partial charge is 0.508 e. The maximum atomic E-state index is 13.3. The molecular weight excluding hydrogens is 510 g/mol. The van der Waals surface area contributed by atoms with Crippen LogP contribution in [-0.4, -0.2) is 70.1 Å². The topological polar surface area (TPSA) is 93.5 Å². The lowest BCUT2D eigenvalue weighted by Crippen LogP contribution is -2.49. The number of carbonyl (C=O) groups excluding carboxylic acids is 1. The van der Waals surface area contributed by atoms with Gasteiger partial charge in [0.15, 0.2) is 11.5 Å². The monoisotopic (exact) mass is 549 g/mol. The predicted octanol–water partition coefficient (Wildman–Crippen LogP) is 4.69. The first-order valence-corrected chi connectivity index (χ1v) is 14.0. The molecule has 5 rings (SSSR count). The molecule has 0 unspecified atom stereocenters. The summed E-state index contributed by atoms with van der Waals surface area (Å²) in [7, 11) is 0. The number of likely N-dealkylation sites (tertiary alicyclic amines) is 1. The number of amides is 1. The minimum Gasteiger partial charge on any atom is -0.508 e. The van der Waals surface area contributed by atoms with Crippen LogP contribution in [-0.2, 0) is 17.8 Å². The Balaban J connectivity index is 1.26. The number of phenols is 1. The van der Waals surface area contributed by atoms with Crippen LogP contribution in [0.2, 0.25) is 0 Å². The van der Waals surface area contributed by atoms with E-state index in [0.717, 1.165) is 53.7 Å². The Kier molecular flexibility index (Phi) is 7.94. The zero-order valence-corrected chi connectivity index (χ0v) is 23.8. The van der Waals surface area contributed by atoms with Crippen molar-refractivity contribution in [2.24, 2.45) is 0 Å². The van der Waals surface area contributed by atoms with Crippen molar-refractivity contribution in [1.29, 1.82) is 0 Å². The Labute approximate surface area is 234 Å². The maximum absolute atomic E-state index is 13.3. The van der Waals surface area contributed by atoms with Gasteiger partial charge in [-0.05, 0) is 75.9 Å². The van der Waals surface area contributed by atoms with Crippen molar-refractivity contribution in [3.05, 3.63) is 63.9 Å². The number of rotatable bonds is 6. The highest BCUT2D eigenvalue weighted by molar-refractivity contribution is 5.83. The molecule has 9 nitrogen and oxygen atoms in total. The number of phenolic OH excluding ortho intramolecular Hbond substituents is 1. The Morgan fingerprint density at radius 3 is 2.48 bits per heavy atom. The minimum atomic E-state index is -0.596. The quantitative estimate of drug-likeness (QED) is 0.477. The molecule has 214 valence electrons. The number of aromatic hydroxyl groups is 1. The fourth-order valence-corrected chi connectivity index (χ4v) is 5.51. The molecule has 0 aliphatic carbocycles. The van der Waals surface area contributed by atoms with Gasteiger partial charge in [-0.1, -0.05) is 6.07 Å². The van der Waals surface area contributed by atoms with Crippen molar-refractivity contribution in [2.45, 2.75) is 65.3 Å². The van der Waals surface area contributed by atoms with Crippen LogP contribution in [0.25, 0.3) is 10.9 Å². The molecule has 0 atom stereocenters. The van der Waals surface area contributed by atoms with Crippen LogP contribution < -0.4 is 15.0 Å². The number of hydrogen-bond acceptors (Lipinski definition) is 7. The lowest BCUT2D eigenvalue weighted by Gasteiger charge is -2.39. The van der Waals surface area contributed by atoms with E-state index in [4.69, 9.17) is 14.2 Å². The van der Waals surface area contributed by atoms with E-state index in [1.54, 1.807) is 22.8 Å². The second-order valence-electron chi connectivity index (χ2n) is 11.7. The van der Waals surface area contributed by atoms with Crippen molar-refractivity contribution >= 4 is 17.0 Å². The van der Waals surface area contributed by atoms with Crippen molar-refractivity contribution in [3.63, 3.8) is 0 Å². The molecule has 2 aromatic carbocycles. The number of piperidine rings is 1. The van der Waals surface area contributed by atoms with E-state index in [0.29, 0.717) is 38.6 Å². The molecule has 1 amide bonds. The van der Waals surface area contributed by atoms with E-state index in [-0.39, 0.29) is 23.4 Å². The fraction of sp³-hybridized carbons (Fsp3) is 0.484. The van der Waals surface area contributed by atoms with Gasteiger partial charge in [-0.3, -0.25) is 4.79 Å². The predicted molar refractivity (Wildman–Crippen MR) is 153 cm³/mol. The van der Waals surface area contributed by atoms with Crippen LogP contribution in [0.3, 0.4) is 0 Å². The normalized spacial score (nSPS) is 16.2. The van der Waals surface area contributed by atoms with Gasteiger partial charge < -0.3 is 33.7 Å². The summed E-state index contributed by atoms with van der Waals surface area (Å²) < 4.78 is 18.9. The van der Waals surface area contributed by atoms with Crippen molar-refractivity contribution in [2.75, 3.05) is 32.8 Å². The summed E-state index contributed by atoms with van der Waals surface area (Å²) in [6.45, 7) is 11.9. The molecule has 0 bridgehead atoms. The molecule has 40 heavy (non-hydrogen) atoms. The second kappa shape index (κ2) is 11.4. The number of hydrogen-bond donors (Lipinski definition) is 1. The van der Waals surface area contributed by atoms with Gasteiger partial charge in [0, 0.05) is 56.3 Å². The van der Waals surface area contributed by atoms with E-state index < -0.39 is 5.60 Å². The molecular formula is C31H39N3O6. The molecule has 1 N–H and O–H groups in total. The first-order chi connectivity index (χ1) is 19.1. The third kappa shape index (κ3) is 6.36. The number of pyridine rings is 1. The average Bonchev–Trinajstić information content (AvgIpc) is 2.91. The third-order valence-corrected chi connectivity index (χ3v) is 7.53. The average molecular weight is 550 g/mol. The number of aromatic nitrogens is 1. The van der Waals surface area contributed by atoms with Crippen LogP contribution in [0.4, 0.5) is 4.79 Å². The molecule has 0 radical (unpaired) electrons. The Morgan fingerprint density at radius 2 is 1.75 bits per heavy atom. The fourth-order valence-electron chi connectivity index (χ4n) is 5.51. The molecule has 0 spiro atoms. The smallest absolute Gasteiger partial charge is 0.410 e. The Bertz CT molecular complexity index is 1440. The molecule has 1 saturated heterocycles. The maximum Gasteiger partial charge on any atom is 0.410 e. The summed E-state index contributed by atoms with van der Waals surface area (Å²) in [5, 5.41) is 11.0. The number of benzene rings is 2. The van der Waals surface area contributed by atoms with Crippen molar-refractivity contribution in [1.82, 2.24) is 14.4 Å². The number of aryl methyl sites for hydroxylation is 1. The number of ether oxygens (including phenoxy) is 3. The first kappa shape index (κ1) is 27.8. The van der Waals surface area contributed by atoms with Gasteiger partial charge in [-0.15, -0.1) is 0 Å². The van der Waals surface area contributed by atoms with Crippen molar-refractivity contribution < 1.29 is 24.1 Å². The van der Waals surface area contributed by atoms with Crippen molar-refractivity contribution in [3.8, 4) is 17.2 Å². The van der Waals surface area contributed by atoms with Crippen LogP contribution in [0.1, 0.15) is 44.7 Å². The van der Waals surface area contributed by atoms with Gasteiger partial charge >= 0.3 is 6.09 Å². The first-order valence-electron chi connectivity index (χ1n) is 14.0. The third-order valence-electron chi connectivity index (χ3n) is 7.53. The highest BCUT2D eigenvalue weighted by Crippen LogP contribution is 2.32. The van der Waals surface area contributed by atoms with E-state index >= 15 is 0 Å². The summed E-state index contributed by atoms with van der Waals surface area (Å²) in [5.41, 5.74) is 1.95. The summed E-state index contributed by atoms with van der Waals surface area (Å²) >= 11 is 0. The summed E-state index contributed by atoms with van der Waals surface area (Å²) in [6, 6.07) is 12.7. The lowest BCUT2D eigenvalue weighted by molar-refractivity contribution is 0.00562. The standard InChI is InChI=1S/C31H39N3O6/c1-21-17-29(36)33(26-19-24(35)6-7-25(21)26)14-13-32-11-9-23(10-12-32)34(30(37)40-31(2,3)4)20-22-5-8-27-28(18-22)39-16-15-38-27/h5-8,17-19,23,35H,9-16,20H2,1-4H3. The number of nitrogens with zero attached hydrogens (tertiary/aromatic N) is 3. The number of fused-ring (bicyclic) bond motifs is 2. The summed E-state index contributed by atoms with van der Waals surface area (Å²) in [4.78, 5) is 30.3. The highest BCUT2D eigenvalue weighted by atomic mass is 16.6. The van der Waals surface area contributed by atoms with Crippen LogP contribution in [0.15, 0.2) is 47.3 Å². The lowest BCUT2D eigenvalue weighted by atomic mass is 10.0. The Hall–Kier alpha value is -3.72. The highest BCUT2D eigenvalue weighted by Gasteiger charge is 2.31. The molecule has 3 aromatic rings. The van der Waals surface area contributed by atoms with Gasteiger partial charge in [-0.2, -0.15) is 0 Å². The van der Waals surface area contributed by atoms with Crippen LogP contribution in [0, 0.1) is 6.92 Å². The minimum absolute atomic E-state index is 0.0270. The van der Waals surface area contributed by atoms with E-state index in [1.807, 2.05) is 56.9 Å². The molecule has 1 aromatic heterocycles. The van der Waals surface area contributed by atoms with Gasteiger partial charge in [-0.25, -0.2) is 4.79 Å². The Morgan fingerprint density at radius 1 is 1.02 bits per heavy atom. The van der Waals surface area contributed by atoms with Crippen LogP contribution in [0.5, 0.6) is 17.2 Å². The molecule has 1 fully saturated rings. The van der Waals surface area contributed by atoms with Gasteiger partial charge in [0.25, 0.3) is 5.56 Å². The molecule has 2 aliphatic rings. The zero-order valence-electron chi connectivity index (χ0n) is 23.8. The van der Waals surface area contributed by atoms with Crippen LogP contribution >= 0.6 is 0 Å². The van der Waals surface area contributed by atoms with E-state index in [9.17, 15) is 14.7 Å². The molecule has 0 saturated carbocycles. The van der Waals surface area contributed by atoms with E-state index in [1.165, 1.54) is 0 Å². The number of carbonyl (C=O) groups is 1. The molecule has 3 heterocycles.